The number of nitrogens with one attached hydrogen (secondary N) is 1. The molecule has 0 saturated carbocycles. The Bertz CT molecular complexity index is 1740. The van der Waals surface area contributed by atoms with Crippen LogP contribution in [0.4, 0.5) is 0 Å². The Kier molecular flexibility index (Phi) is 11.4. The summed E-state index contributed by atoms with van der Waals surface area (Å²) in [6, 6.07) is 13.3. The van der Waals surface area contributed by atoms with Crippen LogP contribution in [0.3, 0.4) is 0 Å². The predicted molar refractivity (Wildman–Crippen MR) is 193 cm³/mol. The summed E-state index contributed by atoms with van der Waals surface area (Å²) in [6.45, 7) is 2.66. The zero-order valence-corrected chi connectivity index (χ0v) is 30.6. The molecule has 2 aromatic rings. The third-order valence-electron chi connectivity index (χ3n) is 11.1. The first kappa shape index (κ1) is 36.9. The highest BCUT2D eigenvalue weighted by Crippen LogP contribution is 2.46. The number of carbonyl (C=O) groups excluding carboxylic acids is 3. The van der Waals surface area contributed by atoms with E-state index in [9.17, 15) is 24.3 Å². The van der Waals surface area contributed by atoms with Crippen molar-refractivity contribution in [1.82, 2.24) is 20.0 Å². The molecule has 4 aliphatic heterocycles. The van der Waals surface area contributed by atoms with E-state index in [2.05, 4.69) is 22.2 Å². The van der Waals surface area contributed by atoms with E-state index in [4.69, 9.17) is 32.7 Å². The van der Waals surface area contributed by atoms with E-state index in [1.807, 2.05) is 4.90 Å². The Balaban J connectivity index is 1.32. The van der Waals surface area contributed by atoms with Crippen molar-refractivity contribution in [1.29, 1.82) is 0 Å². The maximum absolute atomic E-state index is 14.1. The molecule has 6 rings (SSSR count). The molecule has 0 aromatic heterocycles. The number of piperidine rings is 1. The van der Waals surface area contributed by atoms with Gasteiger partial charge in [0.05, 0.1) is 43.3 Å². The highest BCUT2D eigenvalue weighted by atomic mass is 35.5. The van der Waals surface area contributed by atoms with Gasteiger partial charge in [0.25, 0.3) is 0 Å². The number of hydrogen-bond donors (Lipinski definition) is 2. The lowest BCUT2D eigenvalue weighted by atomic mass is 9.78. The number of aryl methyl sites for hydroxylation is 1. The van der Waals surface area contributed by atoms with Gasteiger partial charge < -0.3 is 29.7 Å². The minimum Gasteiger partial charge on any atom is -0.478 e. The van der Waals surface area contributed by atoms with E-state index in [1.165, 1.54) is 33.1 Å². The number of fused-ring (bicyclic) bond motifs is 2. The molecule has 272 valence electrons. The average Bonchev–Trinajstić information content (AvgIpc) is 3.31. The molecule has 3 saturated heterocycles. The minimum atomic E-state index is -1.14. The molecule has 13 heteroatoms. The van der Waals surface area contributed by atoms with E-state index < -0.39 is 23.8 Å². The Labute approximate surface area is 308 Å². The molecule has 3 unspecified atom stereocenters. The van der Waals surface area contributed by atoms with Crippen LogP contribution >= 0.6 is 23.2 Å². The number of rotatable bonds is 10. The quantitative estimate of drug-likeness (QED) is 0.321. The van der Waals surface area contributed by atoms with Crippen LogP contribution in [0, 0.1) is 0 Å². The lowest BCUT2D eigenvalue weighted by molar-refractivity contribution is -0.137. The summed E-state index contributed by atoms with van der Waals surface area (Å²) < 4.78 is 10.5. The fourth-order valence-corrected chi connectivity index (χ4v) is 9.03. The summed E-state index contributed by atoms with van der Waals surface area (Å²) in [4.78, 5) is 60.3. The van der Waals surface area contributed by atoms with Gasteiger partial charge in [-0.2, -0.15) is 0 Å². The summed E-state index contributed by atoms with van der Waals surface area (Å²) in [7, 11) is 4.70. The molecule has 2 aromatic carbocycles. The SMILES string of the molecule is COC(=O)C1=C(CCc2ccccc2C(=O)O)NC(CC(=O)N2CCN(C3CC4CCC(C3)N4C)CC2)=C(C(=O)OC)C1c1c(Cl)cccc1Cl. The van der Waals surface area contributed by atoms with Crippen LogP contribution in [0.25, 0.3) is 0 Å². The second kappa shape index (κ2) is 15.8. The largest absolute Gasteiger partial charge is 0.478 e. The lowest BCUT2D eigenvalue weighted by Crippen LogP contribution is -2.56. The summed E-state index contributed by atoms with van der Waals surface area (Å²) >= 11 is 13.5. The van der Waals surface area contributed by atoms with Gasteiger partial charge in [0.15, 0.2) is 0 Å². The molecule has 1 amide bonds. The molecular formula is C38H44Cl2N4O7. The van der Waals surface area contributed by atoms with E-state index in [-0.39, 0.29) is 63.2 Å². The number of piperazine rings is 1. The van der Waals surface area contributed by atoms with Crippen LogP contribution in [0.5, 0.6) is 0 Å². The predicted octanol–water partition coefficient (Wildman–Crippen LogP) is 5.02. The summed E-state index contributed by atoms with van der Waals surface area (Å²) in [5.74, 6) is -3.90. The second-order valence-electron chi connectivity index (χ2n) is 13.7. The first-order valence-electron chi connectivity index (χ1n) is 17.4. The summed E-state index contributed by atoms with van der Waals surface area (Å²) in [5, 5.41) is 13.5. The van der Waals surface area contributed by atoms with E-state index in [0.717, 1.165) is 25.9 Å². The number of carbonyl (C=O) groups is 4. The van der Waals surface area contributed by atoms with Crippen LogP contribution in [0.2, 0.25) is 10.0 Å². The number of benzene rings is 2. The summed E-state index contributed by atoms with van der Waals surface area (Å²) in [5.41, 5.74) is 1.68. The molecule has 0 radical (unpaired) electrons. The normalized spacial score (nSPS) is 24.0. The van der Waals surface area contributed by atoms with E-state index in [0.29, 0.717) is 42.5 Å². The fourth-order valence-electron chi connectivity index (χ4n) is 8.41. The van der Waals surface area contributed by atoms with Gasteiger partial charge >= 0.3 is 17.9 Å². The molecule has 0 aliphatic carbocycles. The minimum absolute atomic E-state index is 0.0244. The summed E-state index contributed by atoms with van der Waals surface area (Å²) in [6.07, 6.45) is 5.01. The monoisotopic (exact) mass is 738 g/mol. The van der Waals surface area contributed by atoms with Crippen LogP contribution < -0.4 is 5.32 Å². The number of dihydropyridines is 1. The van der Waals surface area contributed by atoms with Crippen LogP contribution in [0.15, 0.2) is 65.0 Å². The molecule has 4 heterocycles. The standard InChI is InChI=1S/C38H44Cl2N4O7/c1-42-23-12-13-24(42)20-25(19-23)43-15-17-44(18-16-43)31(45)21-30-34(38(49)51-3)35(32-27(39)9-6-10-28(32)40)33(37(48)50-2)29(41-30)14-11-22-7-4-5-8-26(22)36(46)47/h4-10,23-25,35,41H,11-21H2,1-3H3,(H,46,47). The maximum atomic E-state index is 14.1. The zero-order valence-electron chi connectivity index (χ0n) is 29.1. The van der Waals surface area contributed by atoms with Crippen molar-refractivity contribution in [2.45, 2.75) is 69.0 Å². The maximum Gasteiger partial charge on any atom is 0.336 e. The number of esters is 2. The second-order valence-corrected chi connectivity index (χ2v) is 14.5. The van der Waals surface area contributed by atoms with Gasteiger partial charge in [-0.15, -0.1) is 0 Å². The molecule has 2 bridgehead atoms. The number of aromatic carboxylic acids is 1. The Morgan fingerprint density at radius 3 is 1.98 bits per heavy atom. The molecule has 4 aliphatic rings. The van der Waals surface area contributed by atoms with Gasteiger partial charge in [-0.05, 0) is 69.3 Å². The number of allylic oxidation sites excluding steroid dienone is 1. The lowest BCUT2D eigenvalue weighted by Gasteiger charge is -2.45. The number of amides is 1. The number of carboxylic acid groups (broad SMARTS) is 1. The highest BCUT2D eigenvalue weighted by Gasteiger charge is 2.43. The number of nitrogens with zero attached hydrogens (tertiary/aromatic N) is 3. The number of halogens is 2. The number of hydrogen-bond acceptors (Lipinski definition) is 9. The average molecular weight is 740 g/mol. The molecular weight excluding hydrogens is 695 g/mol. The molecule has 3 atom stereocenters. The Morgan fingerprint density at radius 1 is 0.804 bits per heavy atom. The van der Waals surface area contributed by atoms with Gasteiger partial charge in [-0.25, -0.2) is 14.4 Å². The van der Waals surface area contributed by atoms with Crippen molar-refractivity contribution in [3.63, 3.8) is 0 Å². The number of methoxy groups -OCH3 is 2. The topological polar surface area (TPSA) is 129 Å². The van der Waals surface area contributed by atoms with Gasteiger partial charge in [-0.1, -0.05) is 47.5 Å². The molecule has 3 fully saturated rings. The van der Waals surface area contributed by atoms with Gasteiger partial charge in [0.2, 0.25) is 5.91 Å². The van der Waals surface area contributed by atoms with Crippen molar-refractivity contribution in [3.05, 3.63) is 91.7 Å². The van der Waals surface area contributed by atoms with Crippen molar-refractivity contribution in [2.75, 3.05) is 47.4 Å². The molecule has 11 nitrogen and oxygen atoms in total. The van der Waals surface area contributed by atoms with E-state index in [1.54, 1.807) is 36.4 Å². The van der Waals surface area contributed by atoms with Crippen molar-refractivity contribution in [3.8, 4) is 0 Å². The van der Waals surface area contributed by atoms with E-state index >= 15 is 0 Å². The van der Waals surface area contributed by atoms with Crippen molar-refractivity contribution < 1.29 is 33.8 Å². The first-order chi connectivity index (χ1) is 24.5. The van der Waals surface area contributed by atoms with Crippen LogP contribution in [-0.2, 0) is 30.3 Å². The first-order valence-corrected chi connectivity index (χ1v) is 18.2. The van der Waals surface area contributed by atoms with Crippen LogP contribution in [-0.4, -0.2) is 109 Å². The molecule has 51 heavy (non-hydrogen) atoms. The van der Waals surface area contributed by atoms with Crippen molar-refractivity contribution >= 4 is 47.0 Å². The molecule has 0 spiro atoms. The van der Waals surface area contributed by atoms with Crippen LogP contribution in [0.1, 0.15) is 65.9 Å². The number of ether oxygens (including phenoxy) is 2. The smallest absolute Gasteiger partial charge is 0.336 e. The Morgan fingerprint density at radius 2 is 1.39 bits per heavy atom. The Hall–Kier alpha value is -3.90. The fraction of sp³-hybridized carbons (Fsp3) is 0.474. The van der Waals surface area contributed by atoms with Crippen molar-refractivity contribution in [2.24, 2.45) is 0 Å². The van der Waals surface area contributed by atoms with Gasteiger partial charge in [0, 0.05) is 71.3 Å². The zero-order chi connectivity index (χ0) is 36.4. The third-order valence-corrected chi connectivity index (χ3v) is 11.8. The number of carboxylic acids is 1. The third kappa shape index (κ3) is 7.53. The molecule has 2 N–H and O–H groups in total. The van der Waals surface area contributed by atoms with Gasteiger partial charge in [0.1, 0.15) is 0 Å². The highest BCUT2D eigenvalue weighted by molar-refractivity contribution is 6.36. The van der Waals surface area contributed by atoms with Gasteiger partial charge in [-0.3, -0.25) is 9.69 Å².